The van der Waals surface area contributed by atoms with E-state index >= 15 is 0 Å². The van der Waals surface area contributed by atoms with Crippen molar-refractivity contribution in [1.82, 2.24) is 0 Å². The predicted octanol–water partition coefficient (Wildman–Crippen LogP) is 2.50. The molecule has 1 fully saturated rings. The lowest BCUT2D eigenvalue weighted by Crippen LogP contribution is -2.27. The second kappa shape index (κ2) is 5.87. The number of hydrogen-bond acceptors (Lipinski definition) is 2. The first-order valence-corrected chi connectivity index (χ1v) is 6.47. The molecule has 0 amide bonds. The van der Waals surface area contributed by atoms with E-state index in [1.807, 2.05) is 11.8 Å². The third-order valence-electron chi connectivity index (χ3n) is 3.00. The van der Waals surface area contributed by atoms with E-state index in [1.165, 1.54) is 37.9 Å². The van der Waals surface area contributed by atoms with Gasteiger partial charge in [0.2, 0.25) is 0 Å². The lowest BCUT2D eigenvalue weighted by atomic mass is 9.81. The third-order valence-corrected chi connectivity index (χ3v) is 3.76. The van der Waals surface area contributed by atoms with Gasteiger partial charge in [-0.3, -0.25) is 0 Å². The van der Waals surface area contributed by atoms with Crippen molar-refractivity contribution in [2.24, 2.45) is 17.6 Å². The summed E-state index contributed by atoms with van der Waals surface area (Å²) in [5.41, 5.74) is 5.78. The van der Waals surface area contributed by atoms with E-state index in [0.717, 1.165) is 18.4 Å². The molecule has 0 aromatic heterocycles. The van der Waals surface area contributed by atoms with Crippen LogP contribution in [0.5, 0.6) is 0 Å². The highest BCUT2D eigenvalue weighted by atomic mass is 32.2. The molecule has 0 spiro atoms. The van der Waals surface area contributed by atoms with Gasteiger partial charge < -0.3 is 5.73 Å². The minimum Gasteiger partial charge on any atom is -0.330 e. The van der Waals surface area contributed by atoms with Gasteiger partial charge in [-0.1, -0.05) is 32.1 Å². The zero-order chi connectivity index (χ0) is 8.81. The van der Waals surface area contributed by atoms with E-state index in [2.05, 4.69) is 6.26 Å². The zero-order valence-electron chi connectivity index (χ0n) is 8.09. The zero-order valence-corrected chi connectivity index (χ0v) is 8.91. The quantitative estimate of drug-likeness (QED) is 0.732. The van der Waals surface area contributed by atoms with Crippen LogP contribution in [0.4, 0.5) is 0 Å². The summed E-state index contributed by atoms with van der Waals surface area (Å²) in [7, 11) is 0. The van der Waals surface area contributed by atoms with E-state index in [9.17, 15) is 0 Å². The van der Waals surface area contributed by atoms with Crippen LogP contribution in [0.2, 0.25) is 0 Å². The fraction of sp³-hybridized carbons (Fsp3) is 1.00. The predicted molar refractivity (Wildman–Crippen MR) is 57.5 cm³/mol. The standard InChI is InChI=1S/C10H21NS/c1-12-8-10(7-11)9-5-3-2-4-6-9/h9-10H,2-8,11H2,1H3. The molecule has 0 aromatic carbocycles. The third kappa shape index (κ3) is 2.98. The smallest absolute Gasteiger partial charge is 0.00272 e. The van der Waals surface area contributed by atoms with E-state index in [0.29, 0.717) is 0 Å². The Labute approximate surface area is 80.5 Å². The lowest BCUT2D eigenvalue weighted by molar-refractivity contribution is 0.272. The Kier molecular flexibility index (Phi) is 5.08. The van der Waals surface area contributed by atoms with Crippen molar-refractivity contribution in [3.05, 3.63) is 0 Å². The van der Waals surface area contributed by atoms with Gasteiger partial charge >= 0.3 is 0 Å². The number of thioether (sulfide) groups is 1. The second-order valence-electron chi connectivity index (χ2n) is 3.85. The van der Waals surface area contributed by atoms with E-state index in [1.54, 1.807) is 0 Å². The van der Waals surface area contributed by atoms with Crippen LogP contribution in [0, 0.1) is 11.8 Å². The molecule has 1 rings (SSSR count). The van der Waals surface area contributed by atoms with Gasteiger partial charge in [-0.2, -0.15) is 11.8 Å². The first kappa shape index (κ1) is 10.4. The molecule has 0 radical (unpaired) electrons. The molecule has 1 aliphatic rings. The summed E-state index contributed by atoms with van der Waals surface area (Å²) in [5.74, 6) is 3.00. The van der Waals surface area contributed by atoms with E-state index in [4.69, 9.17) is 5.73 Å². The monoisotopic (exact) mass is 187 g/mol. The molecule has 1 nitrogen and oxygen atoms in total. The van der Waals surface area contributed by atoms with Crippen molar-refractivity contribution >= 4 is 11.8 Å². The van der Waals surface area contributed by atoms with Gasteiger partial charge in [0.25, 0.3) is 0 Å². The van der Waals surface area contributed by atoms with Gasteiger partial charge in [-0.15, -0.1) is 0 Å². The van der Waals surface area contributed by atoms with Crippen LogP contribution in [-0.4, -0.2) is 18.6 Å². The van der Waals surface area contributed by atoms with E-state index < -0.39 is 0 Å². The Balaban J connectivity index is 2.29. The van der Waals surface area contributed by atoms with Gasteiger partial charge in [0.05, 0.1) is 0 Å². The maximum atomic E-state index is 5.78. The molecule has 1 saturated carbocycles. The molecule has 0 aliphatic heterocycles. The Hall–Kier alpha value is 0.310. The lowest BCUT2D eigenvalue weighted by Gasteiger charge is -2.28. The molecule has 72 valence electrons. The maximum Gasteiger partial charge on any atom is -0.00272 e. The number of rotatable bonds is 4. The fourth-order valence-electron chi connectivity index (χ4n) is 2.22. The highest BCUT2D eigenvalue weighted by Crippen LogP contribution is 2.30. The van der Waals surface area contributed by atoms with Crippen molar-refractivity contribution in [3.63, 3.8) is 0 Å². The molecule has 0 aromatic rings. The summed E-state index contributed by atoms with van der Waals surface area (Å²) in [6.45, 7) is 0.894. The van der Waals surface area contributed by atoms with Crippen molar-refractivity contribution in [1.29, 1.82) is 0 Å². The largest absolute Gasteiger partial charge is 0.330 e. The number of nitrogens with two attached hydrogens (primary N) is 1. The van der Waals surface area contributed by atoms with Gasteiger partial charge in [0.1, 0.15) is 0 Å². The fourth-order valence-corrected chi connectivity index (χ4v) is 3.05. The van der Waals surface area contributed by atoms with Crippen molar-refractivity contribution in [2.75, 3.05) is 18.6 Å². The molecule has 0 heterocycles. The summed E-state index contributed by atoms with van der Waals surface area (Å²) in [5, 5.41) is 0. The van der Waals surface area contributed by atoms with Crippen molar-refractivity contribution in [3.8, 4) is 0 Å². The Morgan fingerprint density at radius 1 is 1.33 bits per heavy atom. The van der Waals surface area contributed by atoms with Crippen molar-refractivity contribution in [2.45, 2.75) is 32.1 Å². The first-order valence-electron chi connectivity index (χ1n) is 5.07. The van der Waals surface area contributed by atoms with Crippen LogP contribution >= 0.6 is 11.8 Å². The highest BCUT2D eigenvalue weighted by molar-refractivity contribution is 7.98. The van der Waals surface area contributed by atoms with Gasteiger partial charge in [-0.25, -0.2) is 0 Å². The molecule has 0 bridgehead atoms. The molecule has 1 aliphatic carbocycles. The summed E-state index contributed by atoms with van der Waals surface area (Å²) >= 11 is 1.95. The number of hydrogen-bond donors (Lipinski definition) is 1. The van der Waals surface area contributed by atoms with Crippen LogP contribution in [0.15, 0.2) is 0 Å². The average Bonchev–Trinajstić information content (AvgIpc) is 2.15. The second-order valence-corrected chi connectivity index (χ2v) is 4.76. The minimum absolute atomic E-state index is 0.792. The van der Waals surface area contributed by atoms with E-state index in [-0.39, 0.29) is 0 Å². The Morgan fingerprint density at radius 3 is 2.50 bits per heavy atom. The molecular formula is C10H21NS. The van der Waals surface area contributed by atoms with Gasteiger partial charge in [0.15, 0.2) is 0 Å². The summed E-state index contributed by atoms with van der Waals surface area (Å²) in [6.07, 6.45) is 9.38. The molecular weight excluding hydrogens is 166 g/mol. The maximum absolute atomic E-state index is 5.78. The van der Waals surface area contributed by atoms with Crippen LogP contribution in [0.25, 0.3) is 0 Å². The minimum atomic E-state index is 0.792. The summed E-state index contributed by atoms with van der Waals surface area (Å²) in [4.78, 5) is 0. The summed E-state index contributed by atoms with van der Waals surface area (Å²) < 4.78 is 0. The van der Waals surface area contributed by atoms with Crippen LogP contribution in [0.3, 0.4) is 0 Å². The molecule has 0 saturated heterocycles. The molecule has 1 atom stereocenters. The summed E-state index contributed by atoms with van der Waals surface area (Å²) in [6, 6.07) is 0. The van der Waals surface area contributed by atoms with Crippen LogP contribution < -0.4 is 5.73 Å². The molecule has 12 heavy (non-hydrogen) atoms. The normalized spacial score (nSPS) is 22.5. The van der Waals surface area contributed by atoms with Crippen LogP contribution in [0.1, 0.15) is 32.1 Å². The van der Waals surface area contributed by atoms with Crippen LogP contribution in [-0.2, 0) is 0 Å². The molecule has 2 N–H and O–H groups in total. The molecule has 1 unspecified atom stereocenters. The van der Waals surface area contributed by atoms with Gasteiger partial charge in [0, 0.05) is 0 Å². The Bertz CT molecular complexity index is 108. The highest BCUT2D eigenvalue weighted by Gasteiger charge is 2.21. The van der Waals surface area contributed by atoms with Gasteiger partial charge in [-0.05, 0) is 30.4 Å². The molecule has 2 heteroatoms. The topological polar surface area (TPSA) is 26.0 Å². The first-order chi connectivity index (χ1) is 5.88. The SMILES string of the molecule is CSCC(CN)C1CCCCC1. The van der Waals surface area contributed by atoms with Crippen molar-refractivity contribution < 1.29 is 0 Å². The average molecular weight is 187 g/mol. The Morgan fingerprint density at radius 2 is 2.00 bits per heavy atom.